The summed E-state index contributed by atoms with van der Waals surface area (Å²) >= 11 is 1.57. The standard InChI is InChI=1S/C14H14N4OS/c1-8-11-5-9(3-4-10(11)14(19)17-8)18-12-6-13(20-2)16-7-15-12/h3-8H,1-2H3,(H,17,19)(H,15,16,18). The second kappa shape index (κ2) is 5.13. The second-order valence-corrected chi connectivity index (χ2v) is 5.39. The second-order valence-electron chi connectivity index (χ2n) is 4.57. The number of thioether (sulfide) groups is 1. The number of fused-ring (bicyclic) bond motifs is 1. The first-order valence-corrected chi connectivity index (χ1v) is 7.47. The van der Waals surface area contributed by atoms with E-state index in [4.69, 9.17) is 0 Å². The molecule has 1 amide bonds. The Balaban J connectivity index is 1.88. The zero-order valence-corrected chi connectivity index (χ0v) is 12.0. The van der Waals surface area contributed by atoms with E-state index >= 15 is 0 Å². The van der Waals surface area contributed by atoms with Gasteiger partial charge in [0, 0.05) is 17.3 Å². The lowest BCUT2D eigenvalue weighted by Crippen LogP contribution is -2.16. The van der Waals surface area contributed by atoms with E-state index in [-0.39, 0.29) is 11.9 Å². The van der Waals surface area contributed by atoms with Gasteiger partial charge in [-0.2, -0.15) is 0 Å². The van der Waals surface area contributed by atoms with E-state index in [1.807, 2.05) is 37.4 Å². The zero-order chi connectivity index (χ0) is 14.1. The molecule has 6 heteroatoms. The Morgan fingerprint density at radius 2 is 2.15 bits per heavy atom. The molecule has 0 saturated carbocycles. The third-order valence-corrected chi connectivity index (χ3v) is 3.88. The van der Waals surface area contributed by atoms with E-state index in [1.165, 1.54) is 6.33 Å². The van der Waals surface area contributed by atoms with Crippen molar-refractivity contribution in [2.24, 2.45) is 0 Å². The van der Waals surface area contributed by atoms with Gasteiger partial charge in [0.25, 0.3) is 5.91 Å². The van der Waals surface area contributed by atoms with Crippen molar-refractivity contribution >= 4 is 29.2 Å². The van der Waals surface area contributed by atoms with E-state index in [0.717, 1.165) is 27.7 Å². The van der Waals surface area contributed by atoms with E-state index in [0.29, 0.717) is 0 Å². The summed E-state index contributed by atoms with van der Waals surface area (Å²) < 4.78 is 0. The fourth-order valence-electron chi connectivity index (χ4n) is 2.22. The highest BCUT2D eigenvalue weighted by Gasteiger charge is 2.25. The van der Waals surface area contributed by atoms with Crippen molar-refractivity contribution in [2.45, 2.75) is 18.0 Å². The molecule has 1 aliphatic heterocycles. The quantitative estimate of drug-likeness (QED) is 0.671. The Hall–Kier alpha value is -2.08. The van der Waals surface area contributed by atoms with Crippen LogP contribution in [0, 0.1) is 0 Å². The van der Waals surface area contributed by atoms with Crippen LogP contribution in [0.25, 0.3) is 0 Å². The van der Waals surface area contributed by atoms with Gasteiger partial charge < -0.3 is 10.6 Å². The Morgan fingerprint density at radius 3 is 2.95 bits per heavy atom. The number of nitrogens with zero attached hydrogens (tertiary/aromatic N) is 2. The number of nitrogens with one attached hydrogen (secondary N) is 2. The van der Waals surface area contributed by atoms with Gasteiger partial charge in [-0.25, -0.2) is 9.97 Å². The number of carbonyl (C=O) groups excluding carboxylic acids is 1. The van der Waals surface area contributed by atoms with Crippen molar-refractivity contribution in [3.05, 3.63) is 41.7 Å². The smallest absolute Gasteiger partial charge is 0.252 e. The number of aromatic nitrogens is 2. The van der Waals surface area contributed by atoms with E-state index in [9.17, 15) is 4.79 Å². The van der Waals surface area contributed by atoms with Crippen molar-refractivity contribution in [3.63, 3.8) is 0 Å². The van der Waals surface area contributed by atoms with E-state index in [2.05, 4.69) is 20.6 Å². The highest BCUT2D eigenvalue weighted by atomic mass is 32.2. The van der Waals surface area contributed by atoms with Gasteiger partial charge in [0.15, 0.2) is 0 Å². The van der Waals surface area contributed by atoms with Crippen LogP contribution in [0.3, 0.4) is 0 Å². The van der Waals surface area contributed by atoms with E-state index < -0.39 is 0 Å². The zero-order valence-electron chi connectivity index (χ0n) is 11.2. The molecule has 102 valence electrons. The van der Waals surface area contributed by atoms with Gasteiger partial charge in [0.1, 0.15) is 17.2 Å². The van der Waals surface area contributed by atoms with Gasteiger partial charge in [0.2, 0.25) is 0 Å². The minimum absolute atomic E-state index is 0.00856. The third-order valence-electron chi connectivity index (χ3n) is 3.23. The van der Waals surface area contributed by atoms with Crippen LogP contribution in [0.4, 0.5) is 11.5 Å². The largest absolute Gasteiger partial charge is 0.345 e. The number of rotatable bonds is 3. The van der Waals surface area contributed by atoms with Crippen LogP contribution in [-0.2, 0) is 0 Å². The van der Waals surface area contributed by atoms with Crippen LogP contribution < -0.4 is 10.6 Å². The number of benzene rings is 1. The molecule has 2 N–H and O–H groups in total. The first kappa shape index (κ1) is 12.9. The molecule has 0 aliphatic carbocycles. The average molecular weight is 286 g/mol. The molecular weight excluding hydrogens is 272 g/mol. The SMILES string of the molecule is CSc1cc(Nc2ccc3c(c2)C(C)NC3=O)ncn1. The molecule has 20 heavy (non-hydrogen) atoms. The van der Waals surface area contributed by atoms with Crippen LogP contribution in [0.1, 0.15) is 28.9 Å². The number of hydrogen-bond donors (Lipinski definition) is 2. The summed E-state index contributed by atoms with van der Waals surface area (Å²) in [6, 6.07) is 7.65. The summed E-state index contributed by atoms with van der Waals surface area (Å²) in [6.45, 7) is 1.98. The molecule has 1 aliphatic rings. The average Bonchev–Trinajstić information content (AvgIpc) is 2.74. The highest BCUT2D eigenvalue weighted by molar-refractivity contribution is 7.98. The molecule has 3 rings (SSSR count). The normalized spacial score (nSPS) is 16.7. The van der Waals surface area contributed by atoms with Gasteiger partial charge >= 0.3 is 0 Å². The fourth-order valence-corrected chi connectivity index (χ4v) is 2.61. The first-order valence-electron chi connectivity index (χ1n) is 6.25. The monoisotopic (exact) mass is 286 g/mol. The summed E-state index contributed by atoms with van der Waals surface area (Å²) in [4.78, 5) is 20.0. The van der Waals surface area contributed by atoms with Crippen LogP contribution in [0.15, 0.2) is 35.6 Å². The molecule has 0 spiro atoms. The molecule has 5 nitrogen and oxygen atoms in total. The molecule has 0 radical (unpaired) electrons. The molecule has 0 bridgehead atoms. The minimum atomic E-state index is -0.00856. The lowest BCUT2D eigenvalue weighted by Gasteiger charge is -2.09. The van der Waals surface area contributed by atoms with Crippen LogP contribution in [-0.4, -0.2) is 22.1 Å². The van der Waals surface area contributed by atoms with Crippen molar-refractivity contribution < 1.29 is 4.79 Å². The number of hydrogen-bond acceptors (Lipinski definition) is 5. The summed E-state index contributed by atoms with van der Waals surface area (Å²) in [5.74, 6) is 0.736. The third kappa shape index (κ3) is 2.34. The maximum Gasteiger partial charge on any atom is 0.252 e. The number of carbonyl (C=O) groups is 1. The van der Waals surface area contributed by atoms with Gasteiger partial charge in [0.05, 0.1) is 6.04 Å². The van der Waals surface area contributed by atoms with Crippen molar-refractivity contribution in [2.75, 3.05) is 11.6 Å². The first-order chi connectivity index (χ1) is 9.67. The molecule has 1 aromatic heterocycles. The fraction of sp³-hybridized carbons (Fsp3) is 0.214. The van der Waals surface area contributed by atoms with Crippen molar-refractivity contribution in [3.8, 4) is 0 Å². The molecule has 1 aromatic carbocycles. The predicted octanol–water partition coefficient (Wildman–Crippen LogP) is 2.75. The van der Waals surface area contributed by atoms with Gasteiger partial charge in [-0.05, 0) is 36.9 Å². The predicted molar refractivity (Wildman–Crippen MR) is 79.4 cm³/mol. The Labute approximate surface area is 121 Å². The topological polar surface area (TPSA) is 66.9 Å². The van der Waals surface area contributed by atoms with Crippen LogP contribution in [0.2, 0.25) is 0 Å². The highest BCUT2D eigenvalue weighted by Crippen LogP contribution is 2.28. The molecule has 2 aromatic rings. The van der Waals surface area contributed by atoms with Crippen molar-refractivity contribution in [1.82, 2.24) is 15.3 Å². The summed E-state index contributed by atoms with van der Waals surface area (Å²) in [7, 11) is 0. The maximum atomic E-state index is 11.7. The molecule has 1 unspecified atom stereocenters. The van der Waals surface area contributed by atoms with Gasteiger partial charge in [-0.15, -0.1) is 11.8 Å². The molecule has 1 atom stereocenters. The lowest BCUT2D eigenvalue weighted by molar-refractivity contribution is 0.0958. The Morgan fingerprint density at radius 1 is 1.30 bits per heavy atom. The molecule has 2 heterocycles. The molecular formula is C14H14N4OS. The summed E-state index contributed by atoms with van der Waals surface area (Å²) in [5.41, 5.74) is 2.67. The number of amides is 1. The van der Waals surface area contributed by atoms with E-state index in [1.54, 1.807) is 11.8 Å². The molecule has 0 fully saturated rings. The molecule has 0 saturated heterocycles. The van der Waals surface area contributed by atoms with Gasteiger partial charge in [-0.1, -0.05) is 0 Å². The number of anilines is 2. The summed E-state index contributed by atoms with van der Waals surface area (Å²) in [5, 5.41) is 7.05. The van der Waals surface area contributed by atoms with Crippen LogP contribution >= 0.6 is 11.8 Å². The van der Waals surface area contributed by atoms with Crippen LogP contribution in [0.5, 0.6) is 0 Å². The minimum Gasteiger partial charge on any atom is -0.345 e. The van der Waals surface area contributed by atoms with Gasteiger partial charge in [-0.3, -0.25) is 4.79 Å². The Bertz CT molecular complexity index is 674. The maximum absolute atomic E-state index is 11.7. The Kier molecular flexibility index (Phi) is 3.31. The summed E-state index contributed by atoms with van der Waals surface area (Å²) in [6.07, 6.45) is 3.51. The lowest BCUT2D eigenvalue weighted by atomic mass is 10.1. The van der Waals surface area contributed by atoms with Crippen molar-refractivity contribution in [1.29, 1.82) is 0 Å².